The zero-order valence-corrected chi connectivity index (χ0v) is 16.2. The number of benzene rings is 1. The highest BCUT2D eigenvalue weighted by atomic mass is 16.5. The molecule has 2 aliphatic rings. The van der Waals surface area contributed by atoms with Gasteiger partial charge in [0.05, 0.1) is 13.7 Å². The van der Waals surface area contributed by atoms with Crippen LogP contribution in [0.5, 0.6) is 5.75 Å². The fourth-order valence-electron chi connectivity index (χ4n) is 3.99. The lowest BCUT2D eigenvalue weighted by Gasteiger charge is -2.35. The summed E-state index contributed by atoms with van der Waals surface area (Å²) in [5.41, 5.74) is 6.84. The van der Waals surface area contributed by atoms with E-state index in [0.29, 0.717) is 18.3 Å². The number of nitrogens with zero attached hydrogens (tertiary/aromatic N) is 4. The standard InChI is InChI=1S/C20H27N5O3/c1-27-17-6-3-14(4-7-17)19-22-18(28-23-19)13-24-8-10-25(11-9-24)20(26)15-2-5-16(21)12-15/h3-4,6-7,15-16H,2,5,8-13,21H2,1H3. The Balaban J connectivity index is 1.29. The molecule has 1 saturated carbocycles. The molecule has 8 nitrogen and oxygen atoms in total. The fraction of sp³-hybridized carbons (Fsp3) is 0.550. The highest BCUT2D eigenvalue weighted by Crippen LogP contribution is 2.26. The molecular formula is C20H27N5O3. The molecule has 2 atom stereocenters. The summed E-state index contributed by atoms with van der Waals surface area (Å²) >= 11 is 0. The van der Waals surface area contributed by atoms with Crippen molar-refractivity contribution in [3.63, 3.8) is 0 Å². The van der Waals surface area contributed by atoms with E-state index < -0.39 is 0 Å². The van der Waals surface area contributed by atoms with Crippen molar-refractivity contribution in [2.45, 2.75) is 31.8 Å². The number of aromatic nitrogens is 2. The van der Waals surface area contributed by atoms with Crippen LogP contribution in [0.15, 0.2) is 28.8 Å². The first-order valence-corrected chi connectivity index (χ1v) is 9.86. The SMILES string of the molecule is COc1ccc(-c2noc(CN3CCN(C(=O)C4CCC(N)C4)CC3)n2)cc1. The number of methoxy groups -OCH3 is 1. The van der Waals surface area contributed by atoms with Crippen LogP contribution in [0, 0.1) is 5.92 Å². The van der Waals surface area contributed by atoms with Crippen LogP contribution in [0.3, 0.4) is 0 Å². The Bertz CT molecular complexity index is 798. The monoisotopic (exact) mass is 385 g/mol. The van der Waals surface area contributed by atoms with E-state index in [1.807, 2.05) is 29.2 Å². The summed E-state index contributed by atoms with van der Waals surface area (Å²) < 4.78 is 10.6. The molecule has 4 rings (SSSR count). The van der Waals surface area contributed by atoms with Gasteiger partial charge in [0.2, 0.25) is 17.6 Å². The molecule has 1 aromatic heterocycles. The molecule has 2 N–H and O–H groups in total. The Morgan fingerprint density at radius 1 is 1.21 bits per heavy atom. The van der Waals surface area contributed by atoms with Crippen molar-refractivity contribution in [2.75, 3.05) is 33.3 Å². The van der Waals surface area contributed by atoms with E-state index in [-0.39, 0.29) is 17.9 Å². The third-order valence-corrected chi connectivity index (χ3v) is 5.68. The minimum Gasteiger partial charge on any atom is -0.497 e. The molecule has 1 aliphatic heterocycles. The second kappa shape index (κ2) is 8.28. The van der Waals surface area contributed by atoms with Gasteiger partial charge in [-0.2, -0.15) is 4.98 Å². The van der Waals surface area contributed by atoms with Crippen LogP contribution in [-0.4, -0.2) is 65.2 Å². The van der Waals surface area contributed by atoms with Crippen LogP contribution < -0.4 is 10.5 Å². The molecule has 1 aromatic carbocycles. The summed E-state index contributed by atoms with van der Waals surface area (Å²) in [4.78, 5) is 21.3. The van der Waals surface area contributed by atoms with Crippen molar-refractivity contribution in [1.82, 2.24) is 19.9 Å². The lowest BCUT2D eigenvalue weighted by Crippen LogP contribution is -2.49. The van der Waals surface area contributed by atoms with E-state index in [4.69, 9.17) is 15.0 Å². The topological polar surface area (TPSA) is 97.7 Å². The average Bonchev–Trinajstić information content (AvgIpc) is 3.37. The Labute approximate surface area is 164 Å². The third kappa shape index (κ3) is 4.18. The summed E-state index contributed by atoms with van der Waals surface area (Å²) in [5, 5.41) is 4.08. The maximum Gasteiger partial charge on any atom is 0.241 e. The smallest absolute Gasteiger partial charge is 0.241 e. The highest BCUT2D eigenvalue weighted by Gasteiger charge is 2.32. The first-order chi connectivity index (χ1) is 13.6. The van der Waals surface area contributed by atoms with E-state index in [0.717, 1.165) is 56.8 Å². The molecule has 0 bridgehead atoms. The third-order valence-electron chi connectivity index (χ3n) is 5.68. The normalized spacial score (nSPS) is 23.1. The first kappa shape index (κ1) is 18.9. The van der Waals surface area contributed by atoms with Gasteiger partial charge in [-0.1, -0.05) is 5.16 Å². The Kier molecular flexibility index (Phi) is 5.59. The number of piperazine rings is 1. The molecule has 2 unspecified atom stereocenters. The number of hydrogen-bond acceptors (Lipinski definition) is 7. The maximum absolute atomic E-state index is 12.6. The fourth-order valence-corrected chi connectivity index (χ4v) is 3.99. The van der Waals surface area contributed by atoms with Gasteiger partial charge in [0.25, 0.3) is 0 Å². The van der Waals surface area contributed by atoms with Crippen molar-refractivity contribution in [3.8, 4) is 17.1 Å². The summed E-state index contributed by atoms with van der Waals surface area (Å²) in [6, 6.07) is 7.75. The van der Waals surface area contributed by atoms with Gasteiger partial charge in [-0.25, -0.2) is 0 Å². The Morgan fingerprint density at radius 2 is 1.96 bits per heavy atom. The molecule has 1 saturated heterocycles. The lowest BCUT2D eigenvalue weighted by molar-refractivity contribution is -0.137. The highest BCUT2D eigenvalue weighted by molar-refractivity contribution is 5.79. The first-order valence-electron chi connectivity index (χ1n) is 9.86. The Hall–Kier alpha value is -2.45. The van der Waals surface area contributed by atoms with Gasteiger partial charge in [-0.3, -0.25) is 9.69 Å². The largest absolute Gasteiger partial charge is 0.497 e. The van der Waals surface area contributed by atoms with E-state index in [2.05, 4.69) is 15.0 Å². The van der Waals surface area contributed by atoms with Gasteiger partial charge < -0.3 is 19.9 Å². The molecule has 0 spiro atoms. The van der Waals surface area contributed by atoms with E-state index >= 15 is 0 Å². The van der Waals surface area contributed by atoms with E-state index in [1.54, 1.807) is 7.11 Å². The van der Waals surface area contributed by atoms with Gasteiger partial charge >= 0.3 is 0 Å². The van der Waals surface area contributed by atoms with Gasteiger partial charge in [0.15, 0.2) is 0 Å². The minimum atomic E-state index is 0.115. The van der Waals surface area contributed by atoms with Crippen molar-refractivity contribution >= 4 is 5.91 Å². The number of ether oxygens (including phenoxy) is 1. The van der Waals surface area contributed by atoms with Crippen molar-refractivity contribution in [3.05, 3.63) is 30.2 Å². The van der Waals surface area contributed by atoms with Crippen LogP contribution in [0.1, 0.15) is 25.2 Å². The lowest BCUT2D eigenvalue weighted by atomic mass is 10.1. The molecule has 28 heavy (non-hydrogen) atoms. The summed E-state index contributed by atoms with van der Waals surface area (Å²) in [7, 11) is 1.64. The number of carbonyl (C=O) groups excluding carboxylic acids is 1. The zero-order chi connectivity index (χ0) is 19.5. The minimum absolute atomic E-state index is 0.115. The maximum atomic E-state index is 12.6. The number of rotatable bonds is 5. The molecule has 2 fully saturated rings. The predicted molar refractivity (Wildman–Crippen MR) is 103 cm³/mol. The second-order valence-corrected chi connectivity index (χ2v) is 7.61. The van der Waals surface area contributed by atoms with Crippen LogP contribution in [-0.2, 0) is 11.3 Å². The van der Waals surface area contributed by atoms with Gasteiger partial charge in [0.1, 0.15) is 5.75 Å². The van der Waals surface area contributed by atoms with Crippen LogP contribution >= 0.6 is 0 Å². The quantitative estimate of drug-likeness (QED) is 0.833. The number of carbonyl (C=O) groups is 1. The molecule has 0 radical (unpaired) electrons. The van der Waals surface area contributed by atoms with Crippen molar-refractivity contribution in [1.29, 1.82) is 0 Å². The van der Waals surface area contributed by atoms with Crippen molar-refractivity contribution in [2.24, 2.45) is 11.7 Å². The second-order valence-electron chi connectivity index (χ2n) is 7.61. The van der Waals surface area contributed by atoms with Gasteiger partial charge in [-0.15, -0.1) is 0 Å². The molecule has 8 heteroatoms. The molecule has 150 valence electrons. The van der Waals surface area contributed by atoms with Crippen LogP contribution in [0.4, 0.5) is 0 Å². The molecule has 2 heterocycles. The number of nitrogens with two attached hydrogens (primary N) is 1. The molecule has 1 aliphatic carbocycles. The Morgan fingerprint density at radius 3 is 2.61 bits per heavy atom. The van der Waals surface area contributed by atoms with Gasteiger partial charge in [-0.05, 0) is 43.5 Å². The van der Waals surface area contributed by atoms with E-state index in [1.165, 1.54) is 0 Å². The molecular weight excluding hydrogens is 358 g/mol. The number of hydrogen-bond donors (Lipinski definition) is 1. The summed E-state index contributed by atoms with van der Waals surface area (Å²) in [6.45, 7) is 3.70. The predicted octanol–water partition coefficient (Wildman–Crippen LogP) is 1.52. The average molecular weight is 385 g/mol. The van der Waals surface area contributed by atoms with Crippen LogP contribution in [0.25, 0.3) is 11.4 Å². The van der Waals surface area contributed by atoms with E-state index in [9.17, 15) is 4.79 Å². The zero-order valence-electron chi connectivity index (χ0n) is 16.2. The van der Waals surface area contributed by atoms with Crippen molar-refractivity contribution < 1.29 is 14.1 Å². The summed E-state index contributed by atoms with van der Waals surface area (Å²) in [6.07, 6.45) is 2.72. The van der Waals surface area contributed by atoms with Crippen LogP contribution in [0.2, 0.25) is 0 Å². The summed E-state index contributed by atoms with van der Waals surface area (Å²) in [5.74, 6) is 2.34. The molecule has 2 aromatic rings. The molecule has 1 amide bonds. The van der Waals surface area contributed by atoms with Gasteiger partial charge in [0, 0.05) is 43.7 Å². The number of amides is 1.